The van der Waals surface area contributed by atoms with Crippen molar-refractivity contribution >= 4 is 11.6 Å². The van der Waals surface area contributed by atoms with E-state index in [1.165, 1.54) is 0 Å². The summed E-state index contributed by atoms with van der Waals surface area (Å²) in [6.45, 7) is 0.902. The SMILES string of the molecule is CN(CCCCCC(=O)NN)c1cccc(C#N)c1. The van der Waals surface area contributed by atoms with Crippen molar-refractivity contribution in [2.75, 3.05) is 18.5 Å². The molecule has 5 nitrogen and oxygen atoms in total. The van der Waals surface area contributed by atoms with E-state index in [2.05, 4.69) is 16.4 Å². The Morgan fingerprint density at radius 3 is 2.89 bits per heavy atom. The molecule has 0 fully saturated rings. The van der Waals surface area contributed by atoms with Gasteiger partial charge in [0.25, 0.3) is 0 Å². The van der Waals surface area contributed by atoms with Crippen LogP contribution >= 0.6 is 0 Å². The van der Waals surface area contributed by atoms with Crippen molar-refractivity contribution < 1.29 is 4.79 Å². The van der Waals surface area contributed by atoms with Gasteiger partial charge in [-0.15, -0.1) is 0 Å². The first-order valence-corrected chi connectivity index (χ1v) is 6.38. The monoisotopic (exact) mass is 260 g/mol. The van der Waals surface area contributed by atoms with Gasteiger partial charge in [0.05, 0.1) is 11.6 Å². The standard InChI is InChI=1S/C14H20N4O/c1-18(9-4-2-3-8-14(19)17-16)13-7-5-6-12(10-13)11-15/h5-7,10H,2-4,8-9,16H2,1H3,(H,17,19). The Morgan fingerprint density at radius 2 is 2.21 bits per heavy atom. The molecule has 0 radical (unpaired) electrons. The Bertz CT molecular complexity index is 453. The van der Waals surface area contributed by atoms with Gasteiger partial charge in [-0.2, -0.15) is 5.26 Å². The third kappa shape index (κ3) is 5.40. The van der Waals surface area contributed by atoms with E-state index in [0.29, 0.717) is 12.0 Å². The average Bonchev–Trinajstić information content (AvgIpc) is 2.46. The minimum absolute atomic E-state index is 0.116. The number of nitrogens with one attached hydrogen (secondary N) is 1. The molecule has 0 bridgehead atoms. The van der Waals surface area contributed by atoms with E-state index in [1.807, 2.05) is 25.2 Å². The zero-order chi connectivity index (χ0) is 14.1. The van der Waals surface area contributed by atoms with E-state index in [4.69, 9.17) is 11.1 Å². The van der Waals surface area contributed by atoms with Crippen LogP contribution in [0.5, 0.6) is 0 Å². The van der Waals surface area contributed by atoms with E-state index in [-0.39, 0.29) is 5.91 Å². The van der Waals surface area contributed by atoms with Crippen LogP contribution in [0.2, 0.25) is 0 Å². The summed E-state index contributed by atoms with van der Waals surface area (Å²) in [6, 6.07) is 9.68. The zero-order valence-electron chi connectivity index (χ0n) is 11.2. The zero-order valence-corrected chi connectivity index (χ0v) is 11.2. The summed E-state index contributed by atoms with van der Waals surface area (Å²) in [6.07, 6.45) is 3.31. The number of hydrazine groups is 1. The van der Waals surface area contributed by atoms with Gasteiger partial charge in [0.15, 0.2) is 0 Å². The highest BCUT2D eigenvalue weighted by atomic mass is 16.2. The van der Waals surface area contributed by atoms with Gasteiger partial charge in [-0.05, 0) is 31.0 Å². The maximum atomic E-state index is 10.9. The molecule has 0 spiro atoms. The molecule has 19 heavy (non-hydrogen) atoms. The molecule has 3 N–H and O–H groups in total. The summed E-state index contributed by atoms with van der Waals surface area (Å²) in [5, 5.41) is 8.85. The molecule has 1 aromatic rings. The second kappa shape index (κ2) is 8.11. The lowest BCUT2D eigenvalue weighted by Gasteiger charge is -2.19. The van der Waals surface area contributed by atoms with Crippen LogP contribution in [-0.2, 0) is 4.79 Å². The van der Waals surface area contributed by atoms with Gasteiger partial charge in [-0.1, -0.05) is 12.5 Å². The van der Waals surface area contributed by atoms with E-state index in [1.54, 1.807) is 6.07 Å². The third-order valence-corrected chi connectivity index (χ3v) is 2.97. The molecular formula is C14H20N4O. The molecule has 1 aromatic carbocycles. The van der Waals surface area contributed by atoms with E-state index >= 15 is 0 Å². The van der Waals surface area contributed by atoms with Gasteiger partial charge in [0.2, 0.25) is 5.91 Å². The Balaban J connectivity index is 2.29. The molecule has 0 saturated carbocycles. The number of hydrogen-bond donors (Lipinski definition) is 2. The first-order chi connectivity index (χ1) is 9.17. The first kappa shape index (κ1) is 15.0. The first-order valence-electron chi connectivity index (χ1n) is 6.38. The van der Waals surface area contributed by atoms with Crippen molar-refractivity contribution in [1.29, 1.82) is 5.26 Å². The van der Waals surface area contributed by atoms with Crippen LogP contribution in [0.25, 0.3) is 0 Å². The number of carbonyl (C=O) groups is 1. The predicted molar refractivity (Wildman–Crippen MR) is 75.2 cm³/mol. The molecule has 102 valence electrons. The van der Waals surface area contributed by atoms with Crippen molar-refractivity contribution in [3.63, 3.8) is 0 Å². The smallest absolute Gasteiger partial charge is 0.233 e. The van der Waals surface area contributed by atoms with Gasteiger partial charge in [-0.25, -0.2) is 5.84 Å². The highest BCUT2D eigenvalue weighted by Gasteiger charge is 2.02. The van der Waals surface area contributed by atoms with E-state index in [0.717, 1.165) is 31.5 Å². The molecule has 0 atom stereocenters. The Hall–Kier alpha value is -2.06. The summed E-state index contributed by atoms with van der Waals surface area (Å²) >= 11 is 0. The number of nitriles is 1. The Kier molecular flexibility index (Phi) is 6.41. The second-order valence-corrected chi connectivity index (χ2v) is 4.46. The van der Waals surface area contributed by atoms with Gasteiger partial charge in [-0.3, -0.25) is 10.2 Å². The van der Waals surface area contributed by atoms with Gasteiger partial charge in [0, 0.05) is 25.7 Å². The molecule has 0 saturated heterocycles. The maximum absolute atomic E-state index is 10.9. The number of amides is 1. The quantitative estimate of drug-likeness (QED) is 0.337. The molecule has 0 aliphatic rings. The normalized spacial score (nSPS) is 9.74. The average molecular weight is 260 g/mol. The fourth-order valence-corrected chi connectivity index (χ4v) is 1.83. The molecule has 5 heteroatoms. The lowest BCUT2D eigenvalue weighted by molar-refractivity contribution is -0.121. The number of benzene rings is 1. The topological polar surface area (TPSA) is 82.2 Å². The van der Waals surface area contributed by atoms with Crippen LogP contribution in [0.3, 0.4) is 0 Å². The van der Waals surface area contributed by atoms with Crippen LogP contribution in [0.15, 0.2) is 24.3 Å². The van der Waals surface area contributed by atoms with Crippen LogP contribution in [0, 0.1) is 11.3 Å². The number of carbonyl (C=O) groups excluding carboxylic acids is 1. The summed E-state index contributed by atoms with van der Waals surface area (Å²) < 4.78 is 0. The Morgan fingerprint density at radius 1 is 1.42 bits per heavy atom. The molecule has 0 aliphatic carbocycles. The minimum atomic E-state index is -0.116. The van der Waals surface area contributed by atoms with Crippen LogP contribution in [0.4, 0.5) is 5.69 Å². The molecule has 0 aromatic heterocycles. The van der Waals surface area contributed by atoms with E-state index < -0.39 is 0 Å². The lowest BCUT2D eigenvalue weighted by atomic mass is 10.1. The molecule has 1 amide bonds. The lowest BCUT2D eigenvalue weighted by Crippen LogP contribution is -2.29. The molecule has 0 aliphatic heterocycles. The van der Waals surface area contributed by atoms with Crippen LogP contribution < -0.4 is 16.2 Å². The van der Waals surface area contributed by atoms with E-state index in [9.17, 15) is 4.79 Å². The second-order valence-electron chi connectivity index (χ2n) is 4.46. The molecule has 0 heterocycles. The molecule has 0 unspecified atom stereocenters. The largest absolute Gasteiger partial charge is 0.375 e. The predicted octanol–water partition coefficient (Wildman–Crippen LogP) is 1.54. The highest BCUT2D eigenvalue weighted by molar-refractivity contribution is 5.75. The van der Waals surface area contributed by atoms with Gasteiger partial charge >= 0.3 is 0 Å². The Labute approximate surface area is 114 Å². The summed E-state index contributed by atoms with van der Waals surface area (Å²) in [5.41, 5.74) is 3.83. The van der Waals surface area contributed by atoms with Crippen LogP contribution in [0.1, 0.15) is 31.2 Å². The number of nitrogens with zero attached hydrogens (tertiary/aromatic N) is 2. The summed E-state index contributed by atoms with van der Waals surface area (Å²) in [4.78, 5) is 13.0. The number of anilines is 1. The van der Waals surface area contributed by atoms with Gasteiger partial charge in [0.1, 0.15) is 0 Å². The van der Waals surface area contributed by atoms with Crippen LogP contribution in [-0.4, -0.2) is 19.5 Å². The molecular weight excluding hydrogens is 240 g/mol. The fourth-order valence-electron chi connectivity index (χ4n) is 1.83. The maximum Gasteiger partial charge on any atom is 0.233 e. The number of rotatable bonds is 7. The van der Waals surface area contributed by atoms with Gasteiger partial charge < -0.3 is 4.90 Å². The van der Waals surface area contributed by atoms with Crippen molar-refractivity contribution in [2.24, 2.45) is 5.84 Å². The molecule has 1 rings (SSSR count). The number of hydrogen-bond acceptors (Lipinski definition) is 4. The third-order valence-electron chi connectivity index (χ3n) is 2.97. The van der Waals surface area contributed by atoms with Crippen molar-refractivity contribution in [1.82, 2.24) is 5.43 Å². The van der Waals surface area contributed by atoms with Crippen molar-refractivity contribution in [3.8, 4) is 6.07 Å². The summed E-state index contributed by atoms with van der Waals surface area (Å²) in [5.74, 6) is 4.89. The minimum Gasteiger partial charge on any atom is -0.375 e. The fraction of sp³-hybridized carbons (Fsp3) is 0.429. The number of nitrogens with two attached hydrogens (primary N) is 1. The summed E-state index contributed by atoms with van der Waals surface area (Å²) in [7, 11) is 2.00. The van der Waals surface area contributed by atoms with Crippen molar-refractivity contribution in [3.05, 3.63) is 29.8 Å². The van der Waals surface area contributed by atoms with Crippen molar-refractivity contribution in [2.45, 2.75) is 25.7 Å². The highest BCUT2D eigenvalue weighted by Crippen LogP contribution is 2.15. The number of unbranched alkanes of at least 4 members (excludes halogenated alkanes) is 2.